The minimum absolute atomic E-state index is 0.0841. The lowest BCUT2D eigenvalue weighted by molar-refractivity contribution is -0.123. The number of hydrogen-bond acceptors (Lipinski definition) is 2. The predicted molar refractivity (Wildman–Crippen MR) is 65.2 cm³/mol. The summed E-state index contributed by atoms with van der Waals surface area (Å²) in [5.41, 5.74) is 0.708. The molecule has 15 heavy (non-hydrogen) atoms. The number of nitrogens with one attached hydrogen (secondary N) is 1. The van der Waals surface area contributed by atoms with E-state index in [2.05, 4.69) is 37.2 Å². The van der Waals surface area contributed by atoms with E-state index in [0.29, 0.717) is 17.9 Å². The minimum Gasteiger partial charge on any atom is -0.478 e. The molecule has 1 aliphatic heterocycles. The van der Waals surface area contributed by atoms with Crippen LogP contribution in [0.15, 0.2) is 21.1 Å². The van der Waals surface area contributed by atoms with Crippen molar-refractivity contribution in [2.24, 2.45) is 0 Å². The van der Waals surface area contributed by atoms with Gasteiger partial charge in [0, 0.05) is 8.95 Å². The second kappa shape index (κ2) is 4.14. The van der Waals surface area contributed by atoms with Gasteiger partial charge >= 0.3 is 0 Å². The Labute approximate surface area is 104 Å². The van der Waals surface area contributed by atoms with E-state index in [4.69, 9.17) is 4.74 Å². The number of fused-ring (bicyclic) bond motifs is 1. The Kier molecular flexibility index (Phi) is 3.02. The topological polar surface area (TPSA) is 38.3 Å². The summed E-state index contributed by atoms with van der Waals surface area (Å²) in [5, 5.41) is 2.81. The summed E-state index contributed by atoms with van der Waals surface area (Å²) in [4.78, 5) is 11.5. The summed E-state index contributed by atoms with van der Waals surface area (Å²) in [6.07, 6.45) is 0.282. The van der Waals surface area contributed by atoms with Gasteiger partial charge in [-0.05, 0) is 50.4 Å². The van der Waals surface area contributed by atoms with Crippen molar-refractivity contribution in [1.82, 2.24) is 0 Å². The van der Waals surface area contributed by atoms with E-state index in [1.165, 1.54) is 0 Å². The Morgan fingerprint density at radius 3 is 2.73 bits per heavy atom. The van der Waals surface area contributed by atoms with Gasteiger partial charge < -0.3 is 10.1 Å². The molecule has 0 aliphatic carbocycles. The van der Waals surface area contributed by atoms with Crippen LogP contribution < -0.4 is 10.1 Å². The maximum Gasteiger partial charge on any atom is 0.265 e. The first-order chi connectivity index (χ1) is 7.11. The molecule has 0 fully saturated rings. The minimum atomic E-state index is -0.384. The number of carbonyl (C=O) groups is 1. The molecular formula is C10H9Br2NO2. The zero-order chi connectivity index (χ0) is 11.0. The number of anilines is 1. The smallest absolute Gasteiger partial charge is 0.265 e. The van der Waals surface area contributed by atoms with Crippen LogP contribution >= 0.6 is 31.9 Å². The second-order valence-corrected chi connectivity index (χ2v) is 4.98. The SMILES string of the molecule is CCC1Oc2cc(Br)c(Br)cc2NC1=O. The zero-order valence-electron chi connectivity index (χ0n) is 8.01. The summed E-state index contributed by atoms with van der Waals surface area (Å²) in [5.74, 6) is 0.621. The van der Waals surface area contributed by atoms with Crippen molar-refractivity contribution >= 4 is 43.5 Å². The van der Waals surface area contributed by atoms with Crippen molar-refractivity contribution < 1.29 is 9.53 Å². The van der Waals surface area contributed by atoms with Crippen LogP contribution in [0, 0.1) is 0 Å². The average Bonchev–Trinajstić information content (AvgIpc) is 2.20. The van der Waals surface area contributed by atoms with Crippen molar-refractivity contribution in [2.45, 2.75) is 19.4 Å². The molecule has 0 saturated carbocycles. The third-order valence-electron chi connectivity index (χ3n) is 2.21. The molecule has 0 aromatic heterocycles. The van der Waals surface area contributed by atoms with Crippen LogP contribution in [0.5, 0.6) is 5.75 Å². The third-order valence-corrected chi connectivity index (χ3v) is 4.06. The molecule has 1 aromatic rings. The van der Waals surface area contributed by atoms with Gasteiger partial charge in [0.2, 0.25) is 0 Å². The van der Waals surface area contributed by atoms with Crippen LogP contribution in [0.2, 0.25) is 0 Å². The number of amides is 1. The fourth-order valence-corrected chi connectivity index (χ4v) is 2.08. The number of rotatable bonds is 1. The van der Waals surface area contributed by atoms with Gasteiger partial charge in [0.05, 0.1) is 5.69 Å². The molecule has 0 spiro atoms. The summed E-state index contributed by atoms with van der Waals surface area (Å²) in [6, 6.07) is 3.67. The molecule has 80 valence electrons. The molecule has 1 atom stereocenters. The first-order valence-electron chi connectivity index (χ1n) is 4.58. The zero-order valence-corrected chi connectivity index (χ0v) is 11.2. The molecule has 3 nitrogen and oxygen atoms in total. The van der Waals surface area contributed by atoms with Crippen LogP contribution in [-0.2, 0) is 4.79 Å². The fourth-order valence-electron chi connectivity index (χ4n) is 1.41. The van der Waals surface area contributed by atoms with Crippen molar-refractivity contribution in [3.8, 4) is 5.75 Å². The van der Waals surface area contributed by atoms with E-state index in [-0.39, 0.29) is 12.0 Å². The molecule has 0 radical (unpaired) electrons. The van der Waals surface area contributed by atoms with Crippen LogP contribution in [0.1, 0.15) is 13.3 Å². The van der Waals surface area contributed by atoms with Gasteiger partial charge in [-0.15, -0.1) is 0 Å². The van der Waals surface area contributed by atoms with Gasteiger partial charge in [-0.3, -0.25) is 4.79 Å². The predicted octanol–water partition coefficient (Wildman–Crippen LogP) is 3.32. The number of carbonyl (C=O) groups excluding carboxylic acids is 1. The Bertz CT molecular complexity index is 420. The highest BCUT2D eigenvalue weighted by atomic mass is 79.9. The summed E-state index contributed by atoms with van der Waals surface area (Å²) in [7, 11) is 0. The van der Waals surface area contributed by atoms with E-state index in [0.717, 1.165) is 8.95 Å². The van der Waals surface area contributed by atoms with Gasteiger partial charge in [0.15, 0.2) is 6.10 Å². The molecule has 1 amide bonds. The van der Waals surface area contributed by atoms with Crippen LogP contribution in [0.3, 0.4) is 0 Å². The number of ether oxygens (including phenoxy) is 1. The fraction of sp³-hybridized carbons (Fsp3) is 0.300. The monoisotopic (exact) mass is 333 g/mol. The molecule has 5 heteroatoms. The van der Waals surface area contributed by atoms with Crippen molar-refractivity contribution in [3.05, 3.63) is 21.1 Å². The van der Waals surface area contributed by atoms with E-state index in [1.54, 1.807) is 0 Å². The van der Waals surface area contributed by atoms with Crippen LogP contribution in [0.25, 0.3) is 0 Å². The Balaban J connectivity index is 2.41. The Morgan fingerprint density at radius 2 is 2.07 bits per heavy atom. The summed E-state index contributed by atoms with van der Waals surface area (Å²) in [6.45, 7) is 1.92. The Hall–Kier alpha value is -0.550. The number of halogens is 2. The van der Waals surface area contributed by atoms with Crippen molar-refractivity contribution in [2.75, 3.05) is 5.32 Å². The molecule has 1 heterocycles. The van der Waals surface area contributed by atoms with Crippen LogP contribution in [0.4, 0.5) is 5.69 Å². The first-order valence-corrected chi connectivity index (χ1v) is 6.17. The number of hydrogen-bond donors (Lipinski definition) is 1. The van der Waals surface area contributed by atoms with Gasteiger partial charge in [0.1, 0.15) is 5.75 Å². The normalized spacial score (nSPS) is 19.1. The average molecular weight is 335 g/mol. The van der Waals surface area contributed by atoms with Crippen molar-refractivity contribution in [3.63, 3.8) is 0 Å². The van der Waals surface area contributed by atoms with Gasteiger partial charge in [0.25, 0.3) is 5.91 Å². The molecule has 1 aliphatic rings. The molecule has 0 saturated heterocycles. The van der Waals surface area contributed by atoms with E-state index in [1.807, 2.05) is 19.1 Å². The lowest BCUT2D eigenvalue weighted by Crippen LogP contribution is -2.36. The van der Waals surface area contributed by atoms with E-state index >= 15 is 0 Å². The van der Waals surface area contributed by atoms with Gasteiger partial charge in [-0.2, -0.15) is 0 Å². The maximum absolute atomic E-state index is 11.5. The first kappa shape index (κ1) is 11.0. The van der Waals surface area contributed by atoms with Gasteiger partial charge in [-0.1, -0.05) is 6.92 Å². The summed E-state index contributed by atoms with van der Waals surface area (Å²) >= 11 is 6.76. The quantitative estimate of drug-likeness (QED) is 0.855. The highest BCUT2D eigenvalue weighted by Crippen LogP contribution is 2.37. The summed E-state index contributed by atoms with van der Waals surface area (Å²) < 4.78 is 7.36. The van der Waals surface area contributed by atoms with Gasteiger partial charge in [-0.25, -0.2) is 0 Å². The number of benzene rings is 1. The lowest BCUT2D eigenvalue weighted by atomic mass is 10.2. The maximum atomic E-state index is 11.5. The standard InChI is InChI=1S/C10H9Br2NO2/c1-2-8-10(14)13-7-3-5(11)6(12)4-9(7)15-8/h3-4,8H,2H2,1H3,(H,13,14). The largest absolute Gasteiger partial charge is 0.478 e. The van der Waals surface area contributed by atoms with Crippen molar-refractivity contribution in [1.29, 1.82) is 0 Å². The highest BCUT2D eigenvalue weighted by Gasteiger charge is 2.26. The third kappa shape index (κ3) is 2.03. The lowest BCUT2D eigenvalue weighted by Gasteiger charge is -2.25. The second-order valence-electron chi connectivity index (χ2n) is 3.27. The Morgan fingerprint density at radius 1 is 1.40 bits per heavy atom. The van der Waals surface area contributed by atoms with Crippen LogP contribution in [-0.4, -0.2) is 12.0 Å². The molecular weight excluding hydrogens is 326 g/mol. The van der Waals surface area contributed by atoms with E-state index in [9.17, 15) is 4.79 Å². The molecule has 1 unspecified atom stereocenters. The van der Waals surface area contributed by atoms with E-state index < -0.39 is 0 Å². The molecule has 0 bridgehead atoms. The molecule has 1 aromatic carbocycles. The molecule has 2 rings (SSSR count). The highest BCUT2D eigenvalue weighted by molar-refractivity contribution is 9.13. The molecule has 1 N–H and O–H groups in total.